The molecule has 0 bridgehead atoms. The minimum atomic E-state index is -0.445. The van der Waals surface area contributed by atoms with E-state index >= 15 is 0 Å². The Balaban J connectivity index is 4.01. The average molecular weight is 139 g/mol. The Kier molecular flexibility index (Phi) is 4.25. The fraction of sp³-hybridized carbons (Fsp3) is 0.500. The summed E-state index contributed by atoms with van der Waals surface area (Å²) < 4.78 is 0. The third kappa shape index (κ3) is 3.05. The molecule has 0 aromatic rings. The van der Waals surface area contributed by atoms with Gasteiger partial charge in [-0.05, 0) is 13.8 Å². The van der Waals surface area contributed by atoms with E-state index in [-0.39, 0.29) is 0 Å². The van der Waals surface area contributed by atoms with Crippen LogP contribution in [0.5, 0.6) is 0 Å². The summed E-state index contributed by atoms with van der Waals surface area (Å²) in [6.45, 7) is 6.11. The minimum Gasteiger partial charge on any atom is -0.372 e. The van der Waals surface area contributed by atoms with E-state index in [9.17, 15) is 0 Å². The molecule has 0 fully saturated rings. The first-order valence-corrected chi connectivity index (χ1v) is 3.01. The first-order valence-electron chi connectivity index (χ1n) is 3.01. The van der Waals surface area contributed by atoms with Crippen LogP contribution in [0.15, 0.2) is 4.99 Å². The van der Waals surface area contributed by atoms with Crippen LogP contribution >= 0.6 is 0 Å². The number of amidine groups is 1. The molecule has 0 saturated heterocycles. The zero-order valence-corrected chi connectivity index (χ0v) is 5.96. The molecule has 0 aromatic heterocycles. The highest BCUT2D eigenvalue weighted by Gasteiger charge is 2.01. The van der Waals surface area contributed by atoms with Crippen molar-refractivity contribution >= 4 is 5.84 Å². The van der Waals surface area contributed by atoms with Gasteiger partial charge in [0.15, 0.2) is 0 Å². The molecular weight excluding hydrogens is 128 g/mol. The van der Waals surface area contributed by atoms with Gasteiger partial charge in [0.2, 0.25) is 6.19 Å². The fourth-order valence-corrected chi connectivity index (χ4v) is 0.489. The number of hydrogen-bond donors (Lipinski definition) is 2. The van der Waals surface area contributed by atoms with E-state index in [0.29, 0.717) is 12.4 Å². The largest absolute Gasteiger partial charge is 0.372 e. The van der Waals surface area contributed by atoms with Crippen LogP contribution in [-0.4, -0.2) is 18.4 Å². The number of rotatable bonds is 2. The third-order valence-electron chi connectivity index (χ3n) is 0.880. The maximum Gasteiger partial charge on any atom is 0.207 e. The third-order valence-corrected chi connectivity index (χ3v) is 0.880. The first-order chi connectivity index (χ1) is 4.72. The second-order valence-corrected chi connectivity index (χ2v) is 1.73. The van der Waals surface area contributed by atoms with Gasteiger partial charge in [0.1, 0.15) is 5.84 Å². The molecule has 0 aliphatic rings. The van der Waals surface area contributed by atoms with Gasteiger partial charge in [-0.15, -0.1) is 0 Å². The van der Waals surface area contributed by atoms with Gasteiger partial charge in [-0.25, -0.2) is 0 Å². The van der Waals surface area contributed by atoms with Crippen LogP contribution < -0.4 is 11.1 Å². The zero-order valence-electron chi connectivity index (χ0n) is 5.96. The molecule has 0 aliphatic carbocycles. The average Bonchev–Trinajstić information content (AvgIpc) is 1.87. The molecule has 1 radical (unpaired) electrons. The molecule has 1 unspecified atom stereocenters. The lowest BCUT2D eigenvalue weighted by atomic mass is 10.3. The number of nitriles is 1. The van der Waals surface area contributed by atoms with Gasteiger partial charge in [0.05, 0.1) is 6.04 Å². The van der Waals surface area contributed by atoms with Crippen LogP contribution in [0.25, 0.3) is 0 Å². The van der Waals surface area contributed by atoms with Gasteiger partial charge in [-0.3, -0.25) is 0 Å². The minimum absolute atomic E-state index is 0.435. The summed E-state index contributed by atoms with van der Waals surface area (Å²) >= 11 is 0. The van der Waals surface area contributed by atoms with Crippen LogP contribution in [-0.2, 0) is 0 Å². The number of nitrogens with one attached hydrogen (secondary N) is 1. The molecular formula is C6H11N4. The van der Waals surface area contributed by atoms with Crippen LogP contribution in [0, 0.1) is 18.4 Å². The van der Waals surface area contributed by atoms with Crippen molar-refractivity contribution in [3.8, 4) is 6.19 Å². The molecule has 0 heterocycles. The van der Waals surface area contributed by atoms with E-state index in [1.807, 2.05) is 6.92 Å². The lowest BCUT2D eigenvalue weighted by Crippen LogP contribution is -2.38. The van der Waals surface area contributed by atoms with Crippen molar-refractivity contribution in [1.82, 2.24) is 5.32 Å². The van der Waals surface area contributed by atoms with E-state index in [1.54, 1.807) is 6.19 Å². The van der Waals surface area contributed by atoms with Gasteiger partial charge in [-0.1, -0.05) is 0 Å². The maximum atomic E-state index is 8.15. The van der Waals surface area contributed by atoms with Gasteiger partial charge < -0.3 is 11.1 Å². The standard InChI is InChI=1S/C6H11N4/c1-3-9-6(5(2)8)10-4-7/h5H,2-3,8H2,1H3,(H,9,10). The predicted octanol–water partition coefficient (Wildman–Crippen LogP) is -0.363. The molecule has 0 spiro atoms. The van der Waals surface area contributed by atoms with E-state index < -0.39 is 6.04 Å². The molecule has 55 valence electrons. The SMILES string of the molecule is [CH2]C(N)C(=NC#N)NCC. The Morgan fingerprint density at radius 3 is 2.90 bits per heavy atom. The summed E-state index contributed by atoms with van der Waals surface area (Å²) in [6, 6.07) is -0.445. The molecule has 10 heavy (non-hydrogen) atoms. The summed E-state index contributed by atoms with van der Waals surface area (Å²) in [5.74, 6) is 0.435. The van der Waals surface area contributed by atoms with Gasteiger partial charge in [-0.2, -0.15) is 10.3 Å². The van der Waals surface area contributed by atoms with E-state index in [0.717, 1.165) is 0 Å². The second kappa shape index (κ2) is 4.77. The fourth-order valence-electron chi connectivity index (χ4n) is 0.489. The normalized spacial score (nSPS) is 14.0. The van der Waals surface area contributed by atoms with Crippen molar-refractivity contribution in [2.24, 2.45) is 10.7 Å². The smallest absolute Gasteiger partial charge is 0.207 e. The maximum absolute atomic E-state index is 8.15. The monoisotopic (exact) mass is 139 g/mol. The van der Waals surface area contributed by atoms with Crippen molar-refractivity contribution in [3.05, 3.63) is 6.92 Å². The number of hydrogen-bond acceptors (Lipinski definition) is 3. The summed E-state index contributed by atoms with van der Waals surface area (Å²) in [5.41, 5.74) is 5.35. The highest BCUT2D eigenvalue weighted by Crippen LogP contribution is 1.78. The lowest BCUT2D eigenvalue weighted by molar-refractivity contribution is 0.901. The van der Waals surface area contributed by atoms with Gasteiger partial charge in [0, 0.05) is 6.54 Å². The molecule has 0 aliphatic heterocycles. The second-order valence-electron chi connectivity index (χ2n) is 1.73. The van der Waals surface area contributed by atoms with Crippen molar-refractivity contribution in [2.45, 2.75) is 13.0 Å². The highest BCUT2D eigenvalue weighted by atomic mass is 15.0. The van der Waals surface area contributed by atoms with E-state index in [1.165, 1.54) is 0 Å². The summed E-state index contributed by atoms with van der Waals surface area (Å²) in [7, 11) is 0. The zero-order chi connectivity index (χ0) is 7.98. The summed E-state index contributed by atoms with van der Waals surface area (Å²) in [4.78, 5) is 3.44. The van der Waals surface area contributed by atoms with Crippen LogP contribution in [0.1, 0.15) is 6.92 Å². The number of aliphatic imine (C=N–C) groups is 1. The summed E-state index contributed by atoms with van der Waals surface area (Å²) in [6.07, 6.45) is 1.64. The first kappa shape index (κ1) is 8.92. The molecule has 4 nitrogen and oxygen atoms in total. The lowest BCUT2D eigenvalue weighted by Gasteiger charge is -2.07. The Morgan fingerprint density at radius 1 is 2.00 bits per heavy atom. The van der Waals surface area contributed by atoms with Crippen molar-refractivity contribution in [2.75, 3.05) is 6.54 Å². The Bertz CT molecular complexity index is 154. The van der Waals surface area contributed by atoms with Gasteiger partial charge >= 0.3 is 0 Å². The quantitative estimate of drug-likeness (QED) is 0.311. The molecule has 3 N–H and O–H groups in total. The number of nitrogens with two attached hydrogens (primary N) is 1. The Morgan fingerprint density at radius 2 is 2.60 bits per heavy atom. The Hall–Kier alpha value is -1.08. The van der Waals surface area contributed by atoms with Gasteiger partial charge in [0.25, 0.3) is 0 Å². The van der Waals surface area contributed by atoms with E-state index in [2.05, 4.69) is 17.2 Å². The molecule has 0 saturated carbocycles. The van der Waals surface area contributed by atoms with Crippen LogP contribution in [0.3, 0.4) is 0 Å². The highest BCUT2D eigenvalue weighted by molar-refractivity contribution is 5.88. The van der Waals surface area contributed by atoms with Crippen LogP contribution in [0.4, 0.5) is 0 Å². The molecule has 0 rings (SSSR count). The topological polar surface area (TPSA) is 74.2 Å². The van der Waals surface area contributed by atoms with Crippen molar-refractivity contribution < 1.29 is 0 Å². The molecule has 1 atom stereocenters. The summed E-state index contributed by atoms with van der Waals surface area (Å²) in [5, 5.41) is 11.0. The van der Waals surface area contributed by atoms with E-state index in [4.69, 9.17) is 11.0 Å². The molecule has 0 aromatic carbocycles. The molecule has 4 heteroatoms. The molecule has 0 amide bonds. The Labute approximate surface area is 60.7 Å². The van der Waals surface area contributed by atoms with Crippen LogP contribution in [0.2, 0.25) is 0 Å². The van der Waals surface area contributed by atoms with Crippen molar-refractivity contribution in [3.63, 3.8) is 0 Å². The number of likely N-dealkylation sites (N-methyl/N-ethyl adjacent to an activating group) is 1. The van der Waals surface area contributed by atoms with Crippen molar-refractivity contribution in [1.29, 1.82) is 5.26 Å². The predicted molar refractivity (Wildman–Crippen MR) is 40.1 cm³/mol. The number of nitrogens with zero attached hydrogens (tertiary/aromatic N) is 2.